The molecule has 0 saturated carbocycles. The van der Waals surface area contributed by atoms with Crippen LogP contribution in [0.3, 0.4) is 0 Å². The van der Waals surface area contributed by atoms with E-state index in [-0.39, 0.29) is 0 Å². The summed E-state index contributed by atoms with van der Waals surface area (Å²) in [4.78, 5) is 13.0. The summed E-state index contributed by atoms with van der Waals surface area (Å²) < 4.78 is 8.29. The van der Waals surface area contributed by atoms with E-state index in [1.165, 1.54) is 0 Å². The van der Waals surface area contributed by atoms with Gasteiger partial charge >= 0.3 is 0 Å². The lowest BCUT2D eigenvalue weighted by atomic mass is 10.4. The number of pyridine rings is 1. The van der Waals surface area contributed by atoms with Crippen LogP contribution < -0.4 is 0 Å². The summed E-state index contributed by atoms with van der Waals surface area (Å²) in [6, 6.07) is 1.91. The van der Waals surface area contributed by atoms with Gasteiger partial charge in [-0.05, 0) is 28.9 Å². The molecule has 0 fully saturated rings. The van der Waals surface area contributed by atoms with Crippen LogP contribution in [-0.2, 0) is 12.4 Å². The molecule has 0 radical (unpaired) electrons. The molecule has 98 valence electrons. The van der Waals surface area contributed by atoms with Crippen molar-refractivity contribution < 1.29 is 4.42 Å². The monoisotopic (exact) mass is 340 g/mol. The molecule has 3 rings (SSSR count). The van der Waals surface area contributed by atoms with Crippen molar-refractivity contribution in [3.8, 4) is 0 Å². The van der Waals surface area contributed by atoms with Gasteiger partial charge in [0.1, 0.15) is 23.6 Å². The minimum absolute atomic E-state index is 0.313. The van der Waals surface area contributed by atoms with E-state index < -0.39 is 0 Å². The van der Waals surface area contributed by atoms with Gasteiger partial charge in [0.15, 0.2) is 5.65 Å². The molecule has 19 heavy (non-hydrogen) atoms. The number of rotatable bonds is 3. The molecule has 0 spiro atoms. The highest BCUT2D eigenvalue weighted by Crippen LogP contribution is 2.20. The average Bonchev–Trinajstić information content (AvgIpc) is 2.94. The minimum Gasteiger partial charge on any atom is -0.444 e. The van der Waals surface area contributed by atoms with Crippen LogP contribution >= 0.6 is 27.5 Å². The number of nitrogens with zero attached hydrogens (tertiary/aromatic N) is 4. The lowest BCUT2D eigenvalue weighted by molar-refractivity contribution is 0.457. The van der Waals surface area contributed by atoms with Gasteiger partial charge in [-0.15, -0.1) is 11.6 Å². The molecule has 0 bridgehead atoms. The maximum atomic E-state index is 5.94. The summed E-state index contributed by atoms with van der Waals surface area (Å²) in [7, 11) is 0. The Morgan fingerprint density at radius 3 is 2.89 bits per heavy atom. The average molecular weight is 342 g/mol. The Hall–Kier alpha value is -1.40. The van der Waals surface area contributed by atoms with Gasteiger partial charge in [-0.2, -0.15) is 0 Å². The van der Waals surface area contributed by atoms with Crippen LogP contribution in [0.4, 0.5) is 0 Å². The second-order valence-electron chi connectivity index (χ2n) is 4.11. The number of fused-ring (bicyclic) bond motifs is 1. The molecule has 5 nitrogen and oxygen atoms in total. The molecular formula is C12H10BrClN4O. The summed E-state index contributed by atoms with van der Waals surface area (Å²) in [5, 5.41) is 0. The molecule has 0 atom stereocenters. The first-order valence-electron chi connectivity index (χ1n) is 5.65. The van der Waals surface area contributed by atoms with E-state index in [0.29, 0.717) is 18.3 Å². The highest BCUT2D eigenvalue weighted by Gasteiger charge is 2.13. The molecule has 0 aliphatic heterocycles. The fraction of sp³-hybridized carbons (Fsp3) is 0.250. The summed E-state index contributed by atoms with van der Waals surface area (Å²) >= 11 is 9.32. The quantitative estimate of drug-likeness (QED) is 0.686. The van der Waals surface area contributed by atoms with E-state index in [0.717, 1.165) is 27.2 Å². The molecule has 7 heteroatoms. The Balaban J connectivity index is 2.10. The van der Waals surface area contributed by atoms with Crippen molar-refractivity contribution in [2.75, 3.05) is 0 Å². The van der Waals surface area contributed by atoms with Crippen LogP contribution in [0.25, 0.3) is 11.2 Å². The van der Waals surface area contributed by atoms with Gasteiger partial charge in [0.05, 0.1) is 12.1 Å². The Kier molecular flexibility index (Phi) is 3.28. The first kappa shape index (κ1) is 12.6. The zero-order valence-corrected chi connectivity index (χ0v) is 12.4. The SMILES string of the molecule is Cc1cnc(Cn2c(CCl)nc3cc(Br)cnc32)o1. The topological polar surface area (TPSA) is 56.7 Å². The fourth-order valence-electron chi connectivity index (χ4n) is 1.91. The molecule has 0 aromatic carbocycles. The number of hydrogen-bond donors (Lipinski definition) is 0. The van der Waals surface area contributed by atoms with Crippen molar-refractivity contribution in [1.82, 2.24) is 19.5 Å². The van der Waals surface area contributed by atoms with E-state index >= 15 is 0 Å². The Bertz CT molecular complexity index is 736. The van der Waals surface area contributed by atoms with Crippen molar-refractivity contribution in [2.24, 2.45) is 0 Å². The number of imidazole rings is 1. The molecule has 0 saturated heterocycles. The van der Waals surface area contributed by atoms with Crippen LogP contribution in [-0.4, -0.2) is 19.5 Å². The number of aryl methyl sites for hydroxylation is 1. The third-order valence-corrected chi connectivity index (χ3v) is 3.39. The van der Waals surface area contributed by atoms with Crippen LogP contribution in [0.1, 0.15) is 17.5 Å². The highest BCUT2D eigenvalue weighted by molar-refractivity contribution is 9.10. The minimum atomic E-state index is 0.313. The van der Waals surface area contributed by atoms with Gasteiger partial charge in [0.2, 0.25) is 5.89 Å². The zero-order chi connectivity index (χ0) is 13.4. The molecule has 0 unspecified atom stereocenters. The van der Waals surface area contributed by atoms with Crippen molar-refractivity contribution in [3.63, 3.8) is 0 Å². The van der Waals surface area contributed by atoms with Crippen molar-refractivity contribution in [1.29, 1.82) is 0 Å². The number of alkyl halides is 1. The summed E-state index contributed by atoms with van der Waals surface area (Å²) in [5.74, 6) is 2.46. The van der Waals surface area contributed by atoms with E-state index in [2.05, 4.69) is 30.9 Å². The third kappa shape index (κ3) is 2.37. The molecule has 0 amide bonds. The lowest BCUT2D eigenvalue weighted by Crippen LogP contribution is -2.04. The highest BCUT2D eigenvalue weighted by atomic mass is 79.9. The largest absolute Gasteiger partial charge is 0.444 e. The number of hydrogen-bond acceptors (Lipinski definition) is 4. The van der Waals surface area contributed by atoms with Crippen molar-refractivity contribution >= 4 is 38.7 Å². The molecule has 0 N–H and O–H groups in total. The third-order valence-electron chi connectivity index (χ3n) is 2.71. The number of halogens is 2. The van der Waals surface area contributed by atoms with E-state index in [4.69, 9.17) is 16.0 Å². The Labute approximate surface area is 122 Å². The first-order chi connectivity index (χ1) is 9.17. The first-order valence-corrected chi connectivity index (χ1v) is 6.98. The van der Waals surface area contributed by atoms with Crippen molar-refractivity contribution in [3.05, 3.63) is 40.4 Å². The van der Waals surface area contributed by atoms with Gasteiger partial charge in [0, 0.05) is 10.7 Å². The van der Waals surface area contributed by atoms with Gasteiger partial charge in [-0.3, -0.25) is 0 Å². The van der Waals surface area contributed by atoms with E-state index in [9.17, 15) is 0 Å². The molecule has 3 heterocycles. The predicted molar refractivity (Wildman–Crippen MR) is 75.1 cm³/mol. The van der Waals surface area contributed by atoms with Gasteiger partial charge in [0.25, 0.3) is 0 Å². The summed E-state index contributed by atoms with van der Waals surface area (Å²) in [6.07, 6.45) is 3.43. The van der Waals surface area contributed by atoms with Gasteiger partial charge in [-0.25, -0.2) is 15.0 Å². The normalized spacial score (nSPS) is 11.3. The maximum Gasteiger partial charge on any atom is 0.214 e. The molecule has 0 aliphatic carbocycles. The molecular weight excluding hydrogens is 332 g/mol. The Morgan fingerprint density at radius 2 is 2.21 bits per heavy atom. The maximum absolute atomic E-state index is 5.94. The van der Waals surface area contributed by atoms with E-state index in [1.54, 1.807) is 12.4 Å². The standard InChI is InChI=1S/C12H10BrClN4O/c1-7-4-15-11(19-7)6-18-10(3-14)17-9-2-8(13)5-16-12(9)18/h2,4-5H,3,6H2,1H3. The van der Waals surface area contributed by atoms with Crippen molar-refractivity contribution in [2.45, 2.75) is 19.3 Å². The van der Waals surface area contributed by atoms with Gasteiger partial charge in [-0.1, -0.05) is 0 Å². The second kappa shape index (κ2) is 4.94. The number of oxazole rings is 1. The smallest absolute Gasteiger partial charge is 0.214 e. The van der Waals surface area contributed by atoms with Crippen LogP contribution in [0.5, 0.6) is 0 Å². The predicted octanol–water partition coefficient (Wildman–Crippen LogP) is 3.28. The lowest BCUT2D eigenvalue weighted by Gasteiger charge is -2.03. The van der Waals surface area contributed by atoms with Crippen LogP contribution in [0, 0.1) is 6.92 Å². The summed E-state index contributed by atoms with van der Waals surface area (Å²) in [6.45, 7) is 2.33. The Morgan fingerprint density at radius 1 is 1.37 bits per heavy atom. The summed E-state index contributed by atoms with van der Waals surface area (Å²) in [5.41, 5.74) is 1.57. The number of aromatic nitrogens is 4. The molecule has 0 aliphatic rings. The van der Waals surface area contributed by atoms with Crippen LogP contribution in [0.15, 0.2) is 27.3 Å². The second-order valence-corrected chi connectivity index (χ2v) is 5.29. The molecule has 3 aromatic rings. The van der Waals surface area contributed by atoms with E-state index in [1.807, 2.05) is 17.6 Å². The fourth-order valence-corrected chi connectivity index (χ4v) is 2.43. The van der Waals surface area contributed by atoms with Crippen LogP contribution in [0.2, 0.25) is 0 Å². The zero-order valence-electron chi connectivity index (χ0n) is 10.1. The molecule has 3 aromatic heterocycles. The van der Waals surface area contributed by atoms with Gasteiger partial charge < -0.3 is 8.98 Å².